The summed E-state index contributed by atoms with van der Waals surface area (Å²) in [6, 6.07) is 9.67. The quantitative estimate of drug-likeness (QED) is 0.733. The van der Waals surface area contributed by atoms with Gasteiger partial charge in [0.1, 0.15) is 0 Å². The van der Waals surface area contributed by atoms with E-state index in [-0.39, 0.29) is 6.04 Å². The molecule has 0 radical (unpaired) electrons. The number of hydrogen-bond acceptors (Lipinski definition) is 4. The van der Waals surface area contributed by atoms with Gasteiger partial charge in [-0.15, -0.1) is 11.3 Å². The van der Waals surface area contributed by atoms with Gasteiger partial charge in [-0.1, -0.05) is 6.07 Å². The fourth-order valence-electron chi connectivity index (χ4n) is 1.93. The van der Waals surface area contributed by atoms with Crippen molar-refractivity contribution in [1.82, 2.24) is 0 Å². The fourth-order valence-corrected chi connectivity index (χ4v) is 2.76. The molecule has 1 unspecified atom stereocenters. The maximum absolute atomic E-state index is 11.2. The SMILES string of the molecule is CC(Cc1cccs1)Nc1ccc(N)c(C(N)=O)c1. The summed E-state index contributed by atoms with van der Waals surface area (Å²) < 4.78 is 0. The van der Waals surface area contributed by atoms with Crippen LogP contribution in [0, 0.1) is 0 Å². The molecule has 1 amide bonds. The van der Waals surface area contributed by atoms with Gasteiger partial charge in [0.2, 0.25) is 0 Å². The molecule has 0 fully saturated rings. The van der Waals surface area contributed by atoms with Crippen LogP contribution in [0.5, 0.6) is 0 Å². The van der Waals surface area contributed by atoms with Crippen molar-refractivity contribution in [2.45, 2.75) is 19.4 Å². The Morgan fingerprint density at radius 1 is 1.42 bits per heavy atom. The first kappa shape index (κ1) is 13.4. The van der Waals surface area contributed by atoms with Crippen LogP contribution in [-0.4, -0.2) is 11.9 Å². The van der Waals surface area contributed by atoms with E-state index in [9.17, 15) is 4.79 Å². The van der Waals surface area contributed by atoms with Crippen molar-refractivity contribution in [1.29, 1.82) is 0 Å². The molecular formula is C14H17N3OS. The molecule has 5 heteroatoms. The molecule has 100 valence electrons. The number of primary amides is 1. The molecule has 1 atom stereocenters. The standard InChI is InChI=1S/C14H17N3OS/c1-9(7-11-3-2-6-19-11)17-10-4-5-13(15)12(8-10)14(16)18/h2-6,8-9,17H,7,15H2,1H3,(H2,16,18). The number of anilines is 2. The van der Waals surface area contributed by atoms with E-state index in [1.54, 1.807) is 23.5 Å². The van der Waals surface area contributed by atoms with Crippen molar-refractivity contribution >= 4 is 28.6 Å². The zero-order chi connectivity index (χ0) is 13.8. The average Bonchev–Trinajstić information content (AvgIpc) is 2.84. The highest BCUT2D eigenvalue weighted by Crippen LogP contribution is 2.19. The second kappa shape index (κ2) is 5.75. The van der Waals surface area contributed by atoms with Crippen LogP contribution in [0.3, 0.4) is 0 Å². The zero-order valence-corrected chi connectivity index (χ0v) is 11.5. The molecule has 4 nitrogen and oxygen atoms in total. The smallest absolute Gasteiger partial charge is 0.250 e. The summed E-state index contributed by atoms with van der Waals surface area (Å²) in [5, 5.41) is 5.41. The number of carbonyl (C=O) groups excluding carboxylic acids is 1. The van der Waals surface area contributed by atoms with Gasteiger partial charge >= 0.3 is 0 Å². The first-order valence-corrected chi connectivity index (χ1v) is 6.92. The van der Waals surface area contributed by atoms with E-state index in [1.165, 1.54) is 4.88 Å². The van der Waals surface area contributed by atoms with Gasteiger partial charge in [-0.05, 0) is 36.6 Å². The number of nitrogen functional groups attached to an aromatic ring is 1. The van der Waals surface area contributed by atoms with Crippen LogP contribution in [0.15, 0.2) is 35.7 Å². The molecule has 19 heavy (non-hydrogen) atoms. The monoisotopic (exact) mass is 275 g/mol. The van der Waals surface area contributed by atoms with E-state index in [0.29, 0.717) is 11.3 Å². The van der Waals surface area contributed by atoms with Gasteiger partial charge in [-0.3, -0.25) is 4.79 Å². The van der Waals surface area contributed by atoms with Crippen LogP contribution in [-0.2, 0) is 6.42 Å². The van der Waals surface area contributed by atoms with Gasteiger partial charge in [0.15, 0.2) is 0 Å². The Bertz CT molecular complexity index is 566. The Kier molecular flexibility index (Phi) is 4.06. The normalized spacial score (nSPS) is 12.1. The first-order valence-electron chi connectivity index (χ1n) is 6.04. The van der Waals surface area contributed by atoms with Gasteiger partial charge in [-0.2, -0.15) is 0 Å². The molecule has 0 aliphatic rings. The number of nitrogens with two attached hydrogens (primary N) is 2. The highest BCUT2D eigenvalue weighted by molar-refractivity contribution is 7.09. The molecular weight excluding hydrogens is 258 g/mol. The minimum Gasteiger partial charge on any atom is -0.398 e. The summed E-state index contributed by atoms with van der Waals surface area (Å²) in [5.41, 5.74) is 12.6. The molecule has 1 aromatic carbocycles. The molecule has 0 spiro atoms. The Morgan fingerprint density at radius 3 is 2.84 bits per heavy atom. The van der Waals surface area contributed by atoms with Gasteiger partial charge < -0.3 is 16.8 Å². The number of rotatable bonds is 5. The Labute approximate surface area is 116 Å². The lowest BCUT2D eigenvalue weighted by Crippen LogP contribution is -2.19. The van der Waals surface area contributed by atoms with E-state index in [1.807, 2.05) is 12.1 Å². The molecule has 0 aliphatic heterocycles. The third kappa shape index (κ3) is 3.48. The molecule has 2 aromatic rings. The maximum Gasteiger partial charge on any atom is 0.250 e. The predicted octanol–water partition coefficient (Wildman–Crippen LogP) is 2.47. The first-order chi connectivity index (χ1) is 9.06. The molecule has 0 aliphatic carbocycles. The van der Waals surface area contributed by atoms with Crippen LogP contribution in [0.1, 0.15) is 22.2 Å². The second-order valence-electron chi connectivity index (χ2n) is 4.50. The Hall–Kier alpha value is -2.01. The molecule has 0 saturated carbocycles. The maximum atomic E-state index is 11.2. The highest BCUT2D eigenvalue weighted by Gasteiger charge is 2.09. The van der Waals surface area contributed by atoms with Crippen molar-refractivity contribution in [2.24, 2.45) is 5.73 Å². The van der Waals surface area contributed by atoms with Crippen LogP contribution in [0.4, 0.5) is 11.4 Å². The fraction of sp³-hybridized carbons (Fsp3) is 0.214. The van der Waals surface area contributed by atoms with Crippen molar-refractivity contribution in [3.8, 4) is 0 Å². The predicted molar refractivity (Wildman–Crippen MR) is 80.5 cm³/mol. The number of carbonyl (C=O) groups is 1. The Morgan fingerprint density at radius 2 is 2.21 bits per heavy atom. The molecule has 0 saturated heterocycles. The van der Waals surface area contributed by atoms with Crippen LogP contribution in [0.2, 0.25) is 0 Å². The summed E-state index contributed by atoms with van der Waals surface area (Å²) in [5.74, 6) is -0.507. The lowest BCUT2D eigenvalue weighted by Gasteiger charge is -2.15. The minimum absolute atomic E-state index is 0.267. The van der Waals surface area contributed by atoms with Gasteiger partial charge in [0.05, 0.1) is 5.56 Å². The molecule has 1 heterocycles. The summed E-state index contributed by atoms with van der Waals surface area (Å²) in [7, 11) is 0. The van der Waals surface area contributed by atoms with Crippen LogP contribution < -0.4 is 16.8 Å². The van der Waals surface area contributed by atoms with E-state index >= 15 is 0 Å². The summed E-state index contributed by atoms with van der Waals surface area (Å²) >= 11 is 1.74. The third-order valence-electron chi connectivity index (χ3n) is 2.82. The van der Waals surface area contributed by atoms with Crippen molar-refractivity contribution in [3.05, 3.63) is 46.2 Å². The van der Waals surface area contributed by atoms with E-state index < -0.39 is 5.91 Å². The number of thiophene rings is 1. The Balaban J connectivity index is 2.06. The number of nitrogens with one attached hydrogen (secondary N) is 1. The topological polar surface area (TPSA) is 81.1 Å². The lowest BCUT2D eigenvalue weighted by molar-refractivity contribution is 0.100. The molecule has 1 aromatic heterocycles. The van der Waals surface area contributed by atoms with Crippen molar-refractivity contribution in [3.63, 3.8) is 0 Å². The highest BCUT2D eigenvalue weighted by atomic mass is 32.1. The minimum atomic E-state index is -0.507. The molecule has 5 N–H and O–H groups in total. The number of amides is 1. The number of hydrogen-bond donors (Lipinski definition) is 3. The van der Waals surface area contributed by atoms with Crippen LogP contribution in [0.25, 0.3) is 0 Å². The summed E-state index contributed by atoms with van der Waals surface area (Å²) in [6.07, 6.45) is 0.938. The van der Waals surface area contributed by atoms with Gasteiger partial charge in [0.25, 0.3) is 5.91 Å². The average molecular weight is 275 g/mol. The third-order valence-corrected chi connectivity index (χ3v) is 3.72. The van der Waals surface area contributed by atoms with Gasteiger partial charge in [0, 0.05) is 28.7 Å². The number of benzene rings is 1. The lowest BCUT2D eigenvalue weighted by atomic mass is 10.1. The van der Waals surface area contributed by atoms with Crippen molar-refractivity contribution < 1.29 is 4.79 Å². The molecule has 2 rings (SSSR count). The van der Waals surface area contributed by atoms with E-state index in [2.05, 4.69) is 23.7 Å². The van der Waals surface area contributed by atoms with Crippen molar-refractivity contribution in [2.75, 3.05) is 11.1 Å². The van der Waals surface area contributed by atoms with E-state index in [4.69, 9.17) is 11.5 Å². The summed E-state index contributed by atoms with van der Waals surface area (Å²) in [4.78, 5) is 12.6. The van der Waals surface area contributed by atoms with Crippen LogP contribution >= 0.6 is 11.3 Å². The van der Waals surface area contributed by atoms with Gasteiger partial charge in [-0.25, -0.2) is 0 Å². The summed E-state index contributed by atoms with van der Waals surface area (Å²) in [6.45, 7) is 2.10. The largest absolute Gasteiger partial charge is 0.398 e. The second-order valence-corrected chi connectivity index (χ2v) is 5.53. The molecule has 0 bridgehead atoms. The zero-order valence-electron chi connectivity index (χ0n) is 10.7. The van der Waals surface area contributed by atoms with E-state index in [0.717, 1.165) is 12.1 Å².